The van der Waals surface area contributed by atoms with Gasteiger partial charge in [0.05, 0.1) is 11.4 Å². The van der Waals surface area contributed by atoms with Crippen LogP contribution in [0.2, 0.25) is 0 Å². The third-order valence-electron chi connectivity index (χ3n) is 3.01. The fourth-order valence-corrected chi connectivity index (χ4v) is 1.89. The van der Waals surface area contributed by atoms with E-state index in [1.807, 2.05) is 19.2 Å². The van der Waals surface area contributed by atoms with Crippen LogP contribution in [0.15, 0.2) is 60.4 Å². The number of hydrogen-bond donors (Lipinski definition) is 0. The van der Waals surface area contributed by atoms with Crippen molar-refractivity contribution in [2.75, 3.05) is 0 Å². The van der Waals surface area contributed by atoms with Gasteiger partial charge in [-0.15, -0.1) is 0 Å². The number of rotatable bonds is 4. The van der Waals surface area contributed by atoms with Gasteiger partial charge in [-0.2, -0.15) is 0 Å². The molecular weight excluding hydrogens is 232 g/mol. The van der Waals surface area contributed by atoms with E-state index >= 15 is 0 Å². The number of aliphatic imine (C=N–C) groups is 1. The molecule has 1 heterocycles. The molecule has 19 heavy (non-hydrogen) atoms. The fourth-order valence-electron chi connectivity index (χ4n) is 1.89. The van der Waals surface area contributed by atoms with Crippen molar-refractivity contribution < 1.29 is 0 Å². The van der Waals surface area contributed by atoms with Crippen molar-refractivity contribution in [3.63, 3.8) is 0 Å². The number of hydrogen-bond acceptors (Lipinski definition) is 2. The Labute approximate surface area is 114 Å². The van der Waals surface area contributed by atoms with Crippen molar-refractivity contribution in [3.05, 3.63) is 77.8 Å². The van der Waals surface area contributed by atoms with E-state index in [0.29, 0.717) is 0 Å². The summed E-state index contributed by atoms with van der Waals surface area (Å²) in [6.45, 7) is 7.62. The standard InChI is InChI=1S/C17H18N2/c1-4-18-14(3)17-10-9-16(12-19-17)11-15-7-5-13(2)6-8-15/h4-10,12H,1,11H2,2-3H3. The molecule has 1 aromatic carbocycles. The first-order valence-corrected chi connectivity index (χ1v) is 6.35. The number of pyridine rings is 1. The lowest BCUT2D eigenvalue weighted by atomic mass is 10.0. The molecule has 2 aromatic rings. The molecule has 0 aliphatic heterocycles. The minimum atomic E-state index is 0.886. The summed E-state index contributed by atoms with van der Waals surface area (Å²) < 4.78 is 0. The predicted molar refractivity (Wildman–Crippen MR) is 80.6 cm³/mol. The Morgan fingerprint density at radius 1 is 1.16 bits per heavy atom. The van der Waals surface area contributed by atoms with Gasteiger partial charge in [0.15, 0.2) is 0 Å². The van der Waals surface area contributed by atoms with Crippen LogP contribution in [0.4, 0.5) is 0 Å². The second-order valence-corrected chi connectivity index (χ2v) is 4.61. The Bertz CT molecular complexity index is 578. The summed E-state index contributed by atoms with van der Waals surface area (Å²) in [7, 11) is 0. The lowest BCUT2D eigenvalue weighted by Gasteiger charge is -2.04. The van der Waals surface area contributed by atoms with E-state index in [0.717, 1.165) is 17.8 Å². The van der Waals surface area contributed by atoms with Crippen molar-refractivity contribution >= 4 is 5.71 Å². The topological polar surface area (TPSA) is 25.2 Å². The van der Waals surface area contributed by atoms with E-state index in [1.165, 1.54) is 22.9 Å². The van der Waals surface area contributed by atoms with Crippen LogP contribution < -0.4 is 0 Å². The van der Waals surface area contributed by atoms with Crippen LogP contribution in [0.5, 0.6) is 0 Å². The highest BCUT2D eigenvalue weighted by atomic mass is 14.8. The van der Waals surface area contributed by atoms with Crippen molar-refractivity contribution in [3.8, 4) is 0 Å². The van der Waals surface area contributed by atoms with Gasteiger partial charge >= 0.3 is 0 Å². The van der Waals surface area contributed by atoms with Gasteiger partial charge in [-0.1, -0.05) is 42.5 Å². The largest absolute Gasteiger partial charge is 0.260 e. The first-order chi connectivity index (χ1) is 9.19. The number of aryl methyl sites for hydroxylation is 1. The lowest BCUT2D eigenvalue weighted by Crippen LogP contribution is -1.99. The minimum absolute atomic E-state index is 0.886. The third kappa shape index (κ3) is 3.62. The molecule has 0 aliphatic carbocycles. The van der Waals surface area contributed by atoms with Crippen LogP contribution in [0.25, 0.3) is 0 Å². The van der Waals surface area contributed by atoms with Crippen molar-refractivity contribution in [2.45, 2.75) is 20.3 Å². The normalized spacial score (nSPS) is 11.4. The second-order valence-electron chi connectivity index (χ2n) is 4.61. The van der Waals surface area contributed by atoms with Crippen molar-refractivity contribution in [1.82, 2.24) is 4.98 Å². The van der Waals surface area contributed by atoms with Gasteiger partial charge in [0.25, 0.3) is 0 Å². The summed E-state index contributed by atoms with van der Waals surface area (Å²) >= 11 is 0. The summed E-state index contributed by atoms with van der Waals surface area (Å²) in [4.78, 5) is 8.57. The van der Waals surface area contributed by atoms with Gasteiger partial charge in [0.1, 0.15) is 0 Å². The molecule has 0 saturated heterocycles. The van der Waals surface area contributed by atoms with Crippen molar-refractivity contribution in [2.24, 2.45) is 4.99 Å². The van der Waals surface area contributed by atoms with E-state index in [2.05, 4.69) is 53.8 Å². The molecule has 0 fully saturated rings. The van der Waals surface area contributed by atoms with Gasteiger partial charge in [-0.3, -0.25) is 9.98 Å². The first kappa shape index (κ1) is 13.2. The number of benzene rings is 1. The van der Waals surface area contributed by atoms with Gasteiger partial charge in [-0.05, 0) is 37.5 Å². The molecule has 0 aliphatic rings. The maximum absolute atomic E-state index is 4.43. The van der Waals surface area contributed by atoms with Crippen LogP contribution >= 0.6 is 0 Å². The van der Waals surface area contributed by atoms with Gasteiger partial charge in [0.2, 0.25) is 0 Å². The molecule has 0 bridgehead atoms. The molecule has 96 valence electrons. The third-order valence-corrected chi connectivity index (χ3v) is 3.01. The van der Waals surface area contributed by atoms with E-state index in [9.17, 15) is 0 Å². The highest BCUT2D eigenvalue weighted by Gasteiger charge is 2.00. The summed E-state index contributed by atoms with van der Waals surface area (Å²) in [6, 6.07) is 12.7. The van der Waals surface area contributed by atoms with Gasteiger partial charge < -0.3 is 0 Å². The zero-order valence-electron chi connectivity index (χ0n) is 11.4. The van der Waals surface area contributed by atoms with Crippen LogP contribution in [-0.4, -0.2) is 10.7 Å². The monoisotopic (exact) mass is 250 g/mol. The highest BCUT2D eigenvalue weighted by molar-refractivity contribution is 5.97. The van der Waals surface area contributed by atoms with E-state index < -0.39 is 0 Å². The molecule has 2 nitrogen and oxygen atoms in total. The van der Waals surface area contributed by atoms with Crippen LogP contribution in [-0.2, 0) is 6.42 Å². The molecule has 0 atom stereocenters. The predicted octanol–water partition coefficient (Wildman–Crippen LogP) is 3.93. The molecular formula is C17H18N2. The zero-order chi connectivity index (χ0) is 13.7. The quantitative estimate of drug-likeness (QED) is 0.755. The summed E-state index contributed by atoms with van der Waals surface area (Å²) in [5, 5.41) is 0. The molecule has 0 spiro atoms. The molecule has 0 radical (unpaired) electrons. The Morgan fingerprint density at radius 3 is 2.42 bits per heavy atom. The maximum atomic E-state index is 4.43. The molecule has 1 aromatic heterocycles. The summed E-state index contributed by atoms with van der Waals surface area (Å²) in [5.41, 5.74) is 5.58. The van der Waals surface area contributed by atoms with Gasteiger partial charge in [0, 0.05) is 12.4 Å². The second kappa shape index (κ2) is 6.10. The first-order valence-electron chi connectivity index (χ1n) is 6.35. The lowest BCUT2D eigenvalue weighted by molar-refractivity contribution is 1.13. The Hall–Kier alpha value is -2.22. The average Bonchev–Trinajstić information content (AvgIpc) is 2.42. The molecule has 0 unspecified atom stereocenters. The van der Waals surface area contributed by atoms with E-state index in [-0.39, 0.29) is 0 Å². The smallest absolute Gasteiger partial charge is 0.0841 e. The maximum Gasteiger partial charge on any atom is 0.0841 e. The average molecular weight is 250 g/mol. The van der Waals surface area contributed by atoms with Crippen LogP contribution in [0, 0.1) is 6.92 Å². The summed E-state index contributed by atoms with van der Waals surface area (Å²) in [5.74, 6) is 0. The van der Waals surface area contributed by atoms with Crippen LogP contribution in [0.1, 0.15) is 29.3 Å². The number of aromatic nitrogens is 1. The molecule has 2 rings (SSSR count). The Balaban J connectivity index is 2.12. The molecule has 0 saturated carbocycles. The number of nitrogens with zero attached hydrogens (tertiary/aromatic N) is 2. The van der Waals surface area contributed by atoms with Crippen LogP contribution in [0.3, 0.4) is 0 Å². The summed E-state index contributed by atoms with van der Waals surface area (Å²) in [6.07, 6.45) is 4.36. The Kier molecular flexibility index (Phi) is 4.24. The van der Waals surface area contributed by atoms with Gasteiger partial charge in [-0.25, -0.2) is 0 Å². The molecule has 2 heteroatoms. The SMILES string of the molecule is C=CN=C(C)c1ccc(Cc2ccc(C)cc2)cn1. The Morgan fingerprint density at radius 2 is 1.84 bits per heavy atom. The van der Waals surface area contributed by atoms with E-state index in [4.69, 9.17) is 0 Å². The minimum Gasteiger partial charge on any atom is -0.260 e. The molecule has 0 N–H and O–H groups in total. The van der Waals surface area contributed by atoms with Crippen molar-refractivity contribution in [1.29, 1.82) is 0 Å². The highest BCUT2D eigenvalue weighted by Crippen LogP contribution is 2.10. The fraction of sp³-hybridized carbons (Fsp3) is 0.176. The zero-order valence-corrected chi connectivity index (χ0v) is 11.4. The molecule has 0 amide bonds. The van der Waals surface area contributed by atoms with E-state index in [1.54, 1.807) is 0 Å².